The summed E-state index contributed by atoms with van der Waals surface area (Å²) >= 11 is 0. The third-order valence-electron chi connectivity index (χ3n) is 1.77. The Morgan fingerprint density at radius 1 is 1.43 bits per heavy atom. The molecule has 7 N–H and O–H groups in total. The predicted octanol–water partition coefficient (Wildman–Crippen LogP) is -0.569. The van der Waals surface area contributed by atoms with Gasteiger partial charge >= 0.3 is 0 Å². The summed E-state index contributed by atoms with van der Waals surface area (Å²) in [5, 5.41) is 4.44. The number of nitrogens with zero attached hydrogens (tertiary/aromatic N) is 1. The van der Waals surface area contributed by atoms with Gasteiger partial charge in [0.15, 0.2) is 0 Å². The topological polar surface area (TPSA) is 93.3 Å². The standard InChI is InChI=1S/C6H17N3.C3H10N2/c1-3-4-5-6(7)9(2)8;1-5-3-2-4/h6H,3-5,7-8H2,1-2H3;5H,2-4H2,1H3. The normalized spacial score (nSPS) is 12.2. The first-order valence-electron chi connectivity index (χ1n) is 5.17. The molecule has 0 aliphatic rings. The van der Waals surface area contributed by atoms with Crippen molar-refractivity contribution in [3.8, 4) is 0 Å². The van der Waals surface area contributed by atoms with Crippen LogP contribution in [0.4, 0.5) is 0 Å². The Morgan fingerprint density at radius 2 is 2.00 bits per heavy atom. The number of rotatable bonds is 6. The molecule has 0 aliphatic carbocycles. The Balaban J connectivity index is 0. The van der Waals surface area contributed by atoms with Crippen LogP contribution >= 0.6 is 0 Å². The van der Waals surface area contributed by atoms with Crippen molar-refractivity contribution < 1.29 is 0 Å². The van der Waals surface area contributed by atoms with Crippen LogP contribution in [0.15, 0.2) is 0 Å². The fourth-order valence-corrected chi connectivity index (χ4v) is 0.761. The number of likely N-dealkylation sites (N-methyl/N-ethyl adjacent to an activating group) is 1. The minimum absolute atomic E-state index is 0.0324. The third-order valence-corrected chi connectivity index (χ3v) is 1.77. The molecule has 88 valence electrons. The van der Waals surface area contributed by atoms with Crippen LogP contribution in [0.3, 0.4) is 0 Å². The van der Waals surface area contributed by atoms with Crippen LogP contribution in [0.25, 0.3) is 0 Å². The lowest BCUT2D eigenvalue weighted by atomic mass is 10.2. The second-order valence-corrected chi connectivity index (χ2v) is 3.27. The molecule has 0 amide bonds. The monoisotopic (exact) mass is 205 g/mol. The summed E-state index contributed by atoms with van der Waals surface area (Å²) in [4.78, 5) is 0. The molecular formula is C9H27N5. The molecule has 0 aromatic carbocycles. The van der Waals surface area contributed by atoms with E-state index in [2.05, 4.69) is 12.2 Å². The fraction of sp³-hybridized carbons (Fsp3) is 1.00. The van der Waals surface area contributed by atoms with Gasteiger partial charge in [-0.2, -0.15) is 0 Å². The van der Waals surface area contributed by atoms with E-state index in [9.17, 15) is 0 Å². The van der Waals surface area contributed by atoms with E-state index in [1.54, 1.807) is 12.1 Å². The van der Waals surface area contributed by atoms with Gasteiger partial charge in [0.25, 0.3) is 0 Å². The van der Waals surface area contributed by atoms with Crippen LogP contribution in [0.1, 0.15) is 26.2 Å². The molecule has 5 nitrogen and oxygen atoms in total. The highest BCUT2D eigenvalue weighted by molar-refractivity contribution is 4.54. The number of hydrogen-bond acceptors (Lipinski definition) is 5. The molecule has 0 rings (SSSR count). The Labute approximate surface area is 88.0 Å². The van der Waals surface area contributed by atoms with E-state index < -0.39 is 0 Å². The minimum atomic E-state index is 0.0324. The molecule has 14 heavy (non-hydrogen) atoms. The molecule has 1 atom stereocenters. The summed E-state index contributed by atoms with van der Waals surface area (Å²) in [6, 6.07) is 0. The smallest absolute Gasteiger partial charge is 0.0702 e. The molecule has 0 saturated carbocycles. The van der Waals surface area contributed by atoms with Gasteiger partial charge in [0.05, 0.1) is 6.17 Å². The molecule has 0 bridgehead atoms. The zero-order valence-corrected chi connectivity index (χ0v) is 9.79. The van der Waals surface area contributed by atoms with Gasteiger partial charge in [-0.15, -0.1) is 0 Å². The highest BCUT2D eigenvalue weighted by atomic mass is 15.4. The van der Waals surface area contributed by atoms with Gasteiger partial charge in [-0.1, -0.05) is 19.8 Å². The van der Waals surface area contributed by atoms with Crippen LogP contribution in [-0.2, 0) is 0 Å². The lowest BCUT2D eigenvalue weighted by molar-refractivity contribution is 0.238. The molecule has 0 aliphatic heterocycles. The summed E-state index contributed by atoms with van der Waals surface area (Å²) in [6.07, 6.45) is 3.36. The van der Waals surface area contributed by atoms with Gasteiger partial charge < -0.3 is 16.8 Å². The number of nitrogens with two attached hydrogens (primary N) is 3. The maximum Gasteiger partial charge on any atom is 0.0702 e. The van der Waals surface area contributed by atoms with Crippen molar-refractivity contribution in [2.24, 2.45) is 17.3 Å². The summed E-state index contributed by atoms with van der Waals surface area (Å²) in [5.41, 5.74) is 10.7. The maximum atomic E-state index is 5.60. The maximum absolute atomic E-state index is 5.60. The summed E-state index contributed by atoms with van der Waals surface area (Å²) in [6.45, 7) is 3.79. The third kappa shape index (κ3) is 14.3. The van der Waals surface area contributed by atoms with Crippen molar-refractivity contribution in [1.82, 2.24) is 10.3 Å². The van der Waals surface area contributed by atoms with Crippen molar-refractivity contribution in [2.75, 3.05) is 27.2 Å². The molecule has 5 heteroatoms. The number of hydrogen-bond donors (Lipinski definition) is 4. The molecule has 0 heterocycles. The van der Waals surface area contributed by atoms with Crippen molar-refractivity contribution in [1.29, 1.82) is 0 Å². The second kappa shape index (κ2) is 12.8. The predicted molar refractivity (Wildman–Crippen MR) is 62.4 cm³/mol. The molecule has 0 fully saturated rings. The van der Waals surface area contributed by atoms with Crippen LogP contribution in [-0.4, -0.2) is 38.4 Å². The largest absolute Gasteiger partial charge is 0.329 e. The summed E-state index contributed by atoms with van der Waals surface area (Å²) in [7, 11) is 3.67. The van der Waals surface area contributed by atoms with Crippen molar-refractivity contribution in [2.45, 2.75) is 32.4 Å². The van der Waals surface area contributed by atoms with Gasteiger partial charge in [-0.3, -0.25) is 5.84 Å². The van der Waals surface area contributed by atoms with Crippen LogP contribution in [0.2, 0.25) is 0 Å². The van der Waals surface area contributed by atoms with E-state index in [1.165, 1.54) is 6.42 Å². The Bertz CT molecular complexity index is 95.2. The average molecular weight is 205 g/mol. The molecule has 1 unspecified atom stereocenters. The summed E-state index contributed by atoms with van der Waals surface area (Å²) in [5.74, 6) is 5.39. The van der Waals surface area contributed by atoms with Crippen molar-refractivity contribution >= 4 is 0 Å². The number of unbranched alkanes of at least 4 members (excludes halogenated alkanes) is 1. The number of hydrazine groups is 1. The quantitative estimate of drug-likeness (QED) is 0.265. The fourth-order valence-electron chi connectivity index (χ4n) is 0.761. The SMILES string of the molecule is CCCCC(N)N(C)N.CNCCN. The van der Waals surface area contributed by atoms with E-state index in [0.29, 0.717) is 0 Å². The van der Waals surface area contributed by atoms with Crippen LogP contribution < -0.4 is 22.6 Å². The molecular weight excluding hydrogens is 178 g/mol. The first kappa shape index (κ1) is 16.2. The molecule has 0 aromatic rings. The molecule has 0 spiro atoms. The summed E-state index contributed by atoms with van der Waals surface area (Å²) < 4.78 is 0. The second-order valence-electron chi connectivity index (χ2n) is 3.27. The number of nitrogens with one attached hydrogen (secondary N) is 1. The minimum Gasteiger partial charge on any atom is -0.329 e. The van der Waals surface area contributed by atoms with Gasteiger partial charge in [0.2, 0.25) is 0 Å². The zero-order chi connectivity index (χ0) is 11.4. The van der Waals surface area contributed by atoms with Crippen molar-refractivity contribution in [3.63, 3.8) is 0 Å². The average Bonchev–Trinajstić information content (AvgIpc) is 2.16. The Morgan fingerprint density at radius 3 is 2.21 bits per heavy atom. The lowest BCUT2D eigenvalue weighted by Gasteiger charge is -2.18. The first-order chi connectivity index (χ1) is 6.59. The van der Waals surface area contributed by atoms with Crippen LogP contribution in [0, 0.1) is 0 Å². The highest BCUT2D eigenvalue weighted by Crippen LogP contribution is 1.97. The Kier molecular flexibility index (Phi) is 14.8. The van der Waals surface area contributed by atoms with E-state index >= 15 is 0 Å². The van der Waals surface area contributed by atoms with E-state index in [-0.39, 0.29) is 6.17 Å². The highest BCUT2D eigenvalue weighted by Gasteiger charge is 2.02. The van der Waals surface area contributed by atoms with E-state index in [1.807, 2.05) is 7.05 Å². The van der Waals surface area contributed by atoms with Gasteiger partial charge in [0, 0.05) is 20.1 Å². The van der Waals surface area contributed by atoms with Gasteiger partial charge in [-0.25, -0.2) is 5.01 Å². The van der Waals surface area contributed by atoms with E-state index in [0.717, 1.165) is 25.9 Å². The molecule has 0 aromatic heterocycles. The molecule has 0 saturated heterocycles. The lowest BCUT2D eigenvalue weighted by Crippen LogP contribution is -2.43. The Hall–Kier alpha value is -0.200. The van der Waals surface area contributed by atoms with Gasteiger partial charge in [-0.05, 0) is 13.5 Å². The molecule has 0 radical (unpaired) electrons. The van der Waals surface area contributed by atoms with Gasteiger partial charge in [0.1, 0.15) is 0 Å². The first-order valence-corrected chi connectivity index (χ1v) is 5.17. The zero-order valence-electron chi connectivity index (χ0n) is 9.79. The van der Waals surface area contributed by atoms with Crippen LogP contribution in [0.5, 0.6) is 0 Å². The van der Waals surface area contributed by atoms with Crippen molar-refractivity contribution in [3.05, 3.63) is 0 Å². The van der Waals surface area contributed by atoms with E-state index in [4.69, 9.17) is 17.3 Å².